The van der Waals surface area contributed by atoms with Crippen molar-refractivity contribution < 1.29 is 10.2 Å². The molecule has 3 heteroatoms. The quantitative estimate of drug-likeness (QED) is 0.599. The number of aliphatic hydroxyl groups excluding tert-OH is 2. The fraction of sp³-hybridized carbons (Fsp3) is 1.00. The molecule has 0 amide bonds. The van der Waals surface area contributed by atoms with Crippen molar-refractivity contribution in [2.45, 2.75) is 25.1 Å². The van der Waals surface area contributed by atoms with Crippen molar-refractivity contribution in [1.82, 2.24) is 0 Å². The van der Waals surface area contributed by atoms with Crippen LogP contribution in [-0.4, -0.2) is 28.8 Å². The average Bonchev–Trinajstić information content (AvgIpc) is 1.90. The lowest BCUT2D eigenvalue weighted by molar-refractivity contribution is 0.142. The van der Waals surface area contributed by atoms with Gasteiger partial charge in [-0.05, 0) is 19.8 Å². The molecule has 2 nitrogen and oxygen atoms in total. The predicted molar refractivity (Wildman–Crippen MR) is 42.2 cm³/mol. The van der Waals surface area contributed by atoms with Gasteiger partial charge in [0.1, 0.15) is 0 Å². The van der Waals surface area contributed by atoms with E-state index in [1.54, 1.807) is 0 Å². The van der Waals surface area contributed by atoms with Crippen LogP contribution in [0.3, 0.4) is 0 Å². The van der Waals surface area contributed by atoms with E-state index in [1.807, 2.05) is 6.92 Å². The Labute approximate surface area is 66.8 Å². The van der Waals surface area contributed by atoms with Crippen LogP contribution in [0.1, 0.15) is 19.8 Å². The van der Waals surface area contributed by atoms with E-state index in [4.69, 9.17) is 21.8 Å². The maximum absolute atomic E-state index is 8.64. The molecule has 0 aliphatic rings. The Morgan fingerprint density at radius 3 is 2.00 bits per heavy atom. The van der Waals surface area contributed by atoms with Crippen molar-refractivity contribution in [2.24, 2.45) is 5.92 Å². The summed E-state index contributed by atoms with van der Waals surface area (Å²) >= 11 is 5.67. The van der Waals surface area contributed by atoms with E-state index >= 15 is 0 Å². The molecule has 0 spiro atoms. The molecule has 0 aliphatic carbocycles. The molecule has 1 unspecified atom stereocenters. The SMILES string of the molecule is CC(Cl)CCC(CO)CO. The molecule has 1 atom stereocenters. The first-order chi connectivity index (χ1) is 4.70. The third kappa shape index (κ3) is 5.03. The second kappa shape index (κ2) is 5.96. The van der Waals surface area contributed by atoms with Gasteiger partial charge >= 0.3 is 0 Å². The minimum atomic E-state index is 0.0150. The van der Waals surface area contributed by atoms with Crippen LogP contribution in [-0.2, 0) is 0 Å². The standard InChI is InChI=1S/C7H15ClO2/c1-6(8)2-3-7(4-9)5-10/h6-7,9-10H,2-5H2,1H3. The van der Waals surface area contributed by atoms with Gasteiger partial charge < -0.3 is 10.2 Å². The van der Waals surface area contributed by atoms with Crippen LogP contribution in [0.4, 0.5) is 0 Å². The second-order valence-electron chi connectivity index (χ2n) is 2.59. The van der Waals surface area contributed by atoms with Crippen molar-refractivity contribution >= 4 is 11.6 Å². The number of halogens is 1. The largest absolute Gasteiger partial charge is 0.396 e. The summed E-state index contributed by atoms with van der Waals surface area (Å²) in [5.74, 6) is 0.0150. The molecule has 0 aromatic heterocycles. The number of hydrogen-bond donors (Lipinski definition) is 2. The van der Waals surface area contributed by atoms with Gasteiger partial charge in [-0.2, -0.15) is 0 Å². The first-order valence-electron chi connectivity index (χ1n) is 3.56. The molecule has 0 aromatic rings. The van der Waals surface area contributed by atoms with E-state index in [1.165, 1.54) is 0 Å². The topological polar surface area (TPSA) is 40.5 Å². The highest BCUT2D eigenvalue weighted by Gasteiger charge is 2.06. The summed E-state index contributed by atoms with van der Waals surface area (Å²) < 4.78 is 0. The van der Waals surface area contributed by atoms with Gasteiger partial charge in [-0.1, -0.05) is 0 Å². The summed E-state index contributed by atoms with van der Waals surface area (Å²) in [6, 6.07) is 0. The molecule has 0 fully saturated rings. The summed E-state index contributed by atoms with van der Waals surface area (Å²) in [5.41, 5.74) is 0. The Balaban J connectivity index is 3.26. The summed E-state index contributed by atoms with van der Waals surface area (Å²) in [7, 11) is 0. The van der Waals surface area contributed by atoms with Crippen molar-refractivity contribution in [2.75, 3.05) is 13.2 Å². The highest BCUT2D eigenvalue weighted by atomic mass is 35.5. The number of rotatable bonds is 5. The van der Waals surface area contributed by atoms with Crippen LogP contribution >= 0.6 is 11.6 Å². The Hall–Kier alpha value is 0.210. The zero-order valence-corrected chi connectivity index (χ0v) is 7.01. The van der Waals surface area contributed by atoms with Gasteiger partial charge in [0.25, 0.3) is 0 Å². The van der Waals surface area contributed by atoms with E-state index < -0.39 is 0 Å². The number of alkyl halides is 1. The molecule has 0 aliphatic heterocycles. The Kier molecular flexibility index (Phi) is 6.08. The van der Waals surface area contributed by atoms with E-state index in [0.717, 1.165) is 12.8 Å². The van der Waals surface area contributed by atoms with Gasteiger partial charge in [0.2, 0.25) is 0 Å². The Bertz CT molecular complexity index is 72.0. The second-order valence-corrected chi connectivity index (χ2v) is 3.33. The van der Waals surface area contributed by atoms with Crippen LogP contribution in [0.25, 0.3) is 0 Å². The summed E-state index contributed by atoms with van der Waals surface area (Å²) in [6.07, 6.45) is 1.66. The molecule has 62 valence electrons. The van der Waals surface area contributed by atoms with Crippen molar-refractivity contribution in [3.05, 3.63) is 0 Å². The monoisotopic (exact) mass is 166 g/mol. The lowest BCUT2D eigenvalue weighted by Crippen LogP contribution is -2.12. The number of aliphatic hydroxyl groups is 2. The van der Waals surface area contributed by atoms with Gasteiger partial charge in [0, 0.05) is 24.5 Å². The summed E-state index contributed by atoms with van der Waals surface area (Å²) in [6.45, 7) is 2.02. The zero-order chi connectivity index (χ0) is 7.98. The summed E-state index contributed by atoms with van der Waals surface area (Å²) in [5, 5.41) is 17.4. The van der Waals surface area contributed by atoms with Crippen molar-refractivity contribution in [3.8, 4) is 0 Å². The molecular weight excluding hydrogens is 152 g/mol. The highest BCUT2D eigenvalue weighted by Crippen LogP contribution is 2.10. The molecule has 0 radical (unpaired) electrons. The van der Waals surface area contributed by atoms with E-state index in [0.29, 0.717) is 0 Å². The fourth-order valence-corrected chi connectivity index (χ4v) is 0.832. The van der Waals surface area contributed by atoms with Gasteiger partial charge in [0.05, 0.1) is 0 Å². The molecule has 0 aromatic carbocycles. The predicted octanol–water partition coefficient (Wildman–Crippen LogP) is 0.995. The minimum Gasteiger partial charge on any atom is -0.396 e. The van der Waals surface area contributed by atoms with Gasteiger partial charge in [-0.3, -0.25) is 0 Å². The minimum absolute atomic E-state index is 0.0150. The third-order valence-corrected chi connectivity index (χ3v) is 1.71. The highest BCUT2D eigenvalue weighted by molar-refractivity contribution is 6.20. The van der Waals surface area contributed by atoms with E-state index in [-0.39, 0.29) is 24.5 Å². The van der Waals surface area contributed by atoms with Gasteiger partial charge in [0.15, 0.2) is 0 Å². The van der Waals surface area contributed by atoms with Gasteiger partial charge in [-0.25, -0.2) is 0 Å². The first-order valence-corrected chi connectivity index (χ1v) is 4.00. The van der Waals surface area contributed by atoms with E-state index in [2.05, 4.69) is 0 Å². The van der Waals surface area contributed by atoms with E-state index in [9.17, 15) is 0 Å². The third-order valence-electron chi connectivity index (χ3n) is 1.49. The lowest BCUT2D eigenvalue weighted by atomic mass is 10.0. The molecule has 0 heterocycles. The van der Waals surface area contributed by atoms with Crippen LogP contribution < -0.4 is 0 Å². The molecule has 2 N–H and O–H groups in total. The zero-order valence-electron chi connectivity index (χ0n) is 6.26. The maximum atomic E-state index is 8.64. The Morgan fingerprint density at radius 1 is 1.20 bits per heavy atom. The van der Waals surface area contributed by atoms with Crippen LogP contribution in [0.2, 0.25) is 0 Å². The van der Waals surface area contributed by atoms with Crippen LogP contribution in [0.5, 0.6) is 0 Å². The summed E-state index contributed by atoms with van der Waals surface area (Å²) in [4.78, 5) is 0. The van der Waals surface area contributed by atoms with Gasteiger partial charge in [-0.15, -0.1) is 11.6 Å². The molecule has 0 bridgehead atoms. The lowest BCUT2D eigenvalue weighted by Gasteiger charge is -2.10. The maximum Gasteiger partial charge on any atom is 0.0481 e. The van der Waals surface area contributed by atoms with Crippen molar-refractivity contribution in [1.29, 1.82) is 0 Å². The average molecular weight is 167 g/mol. The molecule has 0 rings (SSSR count). The normalized spacial score (nSPS) is 14.1. The Morgan fingerprint density at radius 2 is 1.70 bits per heavy atom. The first kappa shape index (κ1) is 10.2. The molecule has 0 saturated heterocycles. The smallest absolute Gasteiger partial charge is 0.0481 e. The fourth-order valence-electron chi connectivity index (χ4n) is 0.706. The van der Waals surface area contributed by atoms with Crippen LogP contribution in [0.15, 0.2) is 0 Å². The van der Waals surface area contributed by atoms with Crippen LogP contribution in [0, 0.1) is 5.92 Å². The number of hydrogen-bond acceptors (Lipinski definition) is 2. The van der Waals surface area contributed by atoms with Crippen molar-refractivity contribution in [3.63, 3.8) is 0 Å². The molecule has 10 heavy (non-hydrogen) atoms. The molecular formula is C7H15ClO2. The molecule has 0 saturated carbocycles.